The second-order valence-corrected chi connectivity index (χ2v) is 6.45. The number of aliphatic hydroxyl groups is 1. The molecule has 3 aliphatic rings. The van der Waals surface area contributed by atoms with Crippen LogP contribution < -0.4 is 0 Å². The Labute approximate surface area is 111 Å². The molecule has 1 aliphatic carbocycles. The van der Waals surface area contributed by atoms with Gasteiger partial charge in [0.25, 0.3) is 0 Å². The van der Waals surface area contributed by atoms with Crippen molar-refractivity contribution in [3.05, 3.63) is 0 Å². The molecule has 0 spiro atoms. The van der Waals surface area contributed by atoms with E-state index in [1.54, 1.807) is 0 Å². The molecular formula is C15H28N2O. The summed E-state index contributed by atoms with van der Waals surface area (Å²) in [6.45, 7) is 5.04. The van der Waals surface area contributed by atoms with Gasteiger partial charge in [-0.05, 0) is 45.2 Å². The highest BCUT2D eigenvalue weighted by molar-refractivity contribution is 4.91. The van der Waals surface area contributed by atoms with Crippen molar-refractivity contribution < 1.29 is 5.11 Å². The third-order valence-corrected chi connectivity index (χ3v) is 5.26. The lowest BCUT2D eigenvalue weighted by molar-refractivity contribution is 0.0266. The molecule has 0 bridgehead atoms. The van der Waals surface area contributed by atoms with Crippen molar-refractivity contribution in [1.29, 1.82) is 0 Å². The van der Waals surface area contributed by atoms with Crippen LogP contribution in [0.1, 0.15) is 51.4 Å². The smallest absolute Gasteiger partial charge is 0.0695 e. The lowest BCUT2D eigenvalue weighted by Gasteiger charge is -2.36. The van der Waals surface area contributed by atoms with Gasteiger partial charge in [0, 0.05) is 25.2 Å². The van der Waals surface area contributed by atoms with Gasteiger partial charge in [-0.25, -0.2) is 0 Å². The van der Waals surface area contributed by atoms with E-state index < -0.39 is 0 Å². The van der Waals surface area contributed by atoms with Crippen LogP contribution in [0.25, 0.3) is 0 Å². The summed E-state index contributed by atoms with van der Waals surface area (Å²) in [6.07, 6.45) is 10.2. The fourth-order valence-corrected chi connectivity index (χ4v) is 4.17. The summed E-state index contributed by atoms with van der Waals surface area (Å²) >= 11 is 0. The molecule has 2 aliphatic heterocycles. The third-order valence-electron chi connectivity index (χ3n) is 5.26. The number of rotatable bonds is 2. The zero-order chi connectivity index (χ0) is 12.4. The summed E-state index contributed by atoms with van der Waals surface area (Å²) in [7, 11) is 0. The maximum absolute atomic E-state index is 10.2. The van der Waals surface area contributed by atoms with Gasteiger partial charge in [0.15, 0.2) is 0 Å². The average Bonchev–Trinajstić information content (AvgIpc) is 2.90. The van der Waals surface area contributed by atoms with Crippen molar-refractivity contribution in [1.82, 2.24) is 9.80 Å². The fraction of sp³-hybridized carbons (Fsp3) is 1.00. The van der Waals surface area contributed by atoms with Gasteiger partial charge in [0.05, 0.1) is 6.10 Å². The summed E-state index contributed by atoms with van der Waals surface area (Å²) in [5, 5.41) is 10.2. The minimum absolute atomic E-state index is 0.0566. The molecule has 3 rings (SSSR count). The molecule has 2 heterocycles. The molecule has 0 aromatic heterocycles. The second kappa shape index (κ2) is 5.89. The number of hydrogen-bond acceptors (Lipinski definition) is 3. The van der Waals surface area contributed by atoms with E-state index in [1.807, 2.05) is 0 Å². The Bertz CT molecular complexity index is 265. The molecule has 3 heteroatoms. The first-order chi connectivity index (χ1) is 8.84. The van der Waals surface area contributed by atoms with E-state index in [1.165, 1.54) is 71.1 Å². The van der Waals surface area contributed by atoms with E-state index in [9.17, 15) is 5.11 Å². The van der Waals surface area contributed by atoms with Gasteiger partial charge in [0.1, 0.15) is 0 Å². The normalized spacial score (nSPS) is 40.2. The Kier molecular flexibility index (Phi) is 4.22. The van der Waals surface area contributed by atoms with Crippen LogP contribution in [0.5, 0.6) is 0 Å². The van der Waals surface area contributed by atoms with E-state index in [-0.39, 0.29) is 6.10 Å². The number of likely N-dealkylation sites (tertiary alicyclic amines) is 2. The largest absolute Gasteiger partial charge is 0.391 e. The van der Waals surface area contributed by atoms with Crippen LogP contribution in [0, 0.1) is 0 Å². The monoisotopic (exact) mass is 252 g/mol. The number of piperidine rings is 1. The first-order valence-corrected chi connectivity index (χ1v) is 8.01. The van der Waals surface area contributed by atoms with E-state index in [4.69, 9.17) is 0 Å². The van der Waals surface area contributed by atoms with Crippen LogP contribution in [0.15, 0.2) is 0 Å². The van der Waals surface area contributed by atoms with Crippen molar-refractivity contribution in [2.75, 3.05) is 26.2 Å². The van der Waals surface area contributed by atoms with E-state index in [0.29, 0.717) is 6.04 Å². The van der Waals surface area contributed by atoms with Gasteiger partial charge in [-0.1, -0.05) is 19.3 Å². The van der Waals surface area contributed by atoms with Gasteiger partial charge in [-0.2, -0.15) is 0 Å². The van der Waals surface area contributed by atoms with Gasteiger partial charge >= 0.3 is 0 Å². The first-order valence-electron chi connectivity index (χ1n) is 8.01. The van der Waals surface area contributed by atoms with Crippen LogP contribution in [0.4, 0.5) is 0 Å². The number of hydrogen-bond donors (Lipinski definition) is 1. The summed E-state index contributed by atoms with van der Waals surface area (Å²) in [5.74, 6) is 0. The molecule has 1 N–H and O–H groups in total. The molecule has 3 fully saturated rings. The zero-order valence-electron chi connectivity index (χ0n) is 11.6. The van der Waals surface area contributed by atoms with Crippen LogP contribution in [0.2, 0.25) is 0 Å². The van der Waals surface area contributed by atoms with Crippen LogP contribution in [-0.2, 0) is 0 Å². The first kappa shape index (κ1) is 12.9. The Morgan fingerprint density at radius 1 is 0.722 bits per heavy atom. The van der Waals surface area contributed by atoms with Gasteiger partial charge < -0.3 is 5.11 Å². The molecular weight excluding hydrogens is 224 g/mol. The van der Waals surface area contributed by atoms with Gasteiger partial charge in [-0.15, -0.1) is 0 Å². The Balaban J connectivity index is 1.53. The molecule has 3 nitrogen and oxygen atoms in total. The fourth-order valence-electron chi connectivity index (χ4n) is 4.17. The van der Waals surface area contributed by atoms with Crippen molar-refractivity contribution in [3.8, 4) is 0 Å². The number of nitrogens with zero attached hydrogens (tertiary/aromatic N) is 2. The van der Waals surface area contributed by atoms with E-state index in [0.717, 1.165) is 12.5 Å². The molecule has 18 heavy (non-hydrogen) atoms. The molecule has 0 amide bonds. The molecule has 0 radical (unpaired) electrons. The zero-order valence-corrected chi connectivity index (χ0v) is 11.6. The standard InChI is InChI=1S/C15H28N2O/c18-15-7-3-2-6-14(15)17-11-8-13(12-17)16-9-4-1-5-10-16/h13-15,18H,1-12H2/t13?,14-,15-/m0/s1. The van der Waals surface area contributed by atoms with Crippen LogP contribution >= 0.6 is 0 Å². The molecule has 1 saturated carbocycles. The van der Waals surface area contributed by atoms with Crippen molar-refractivity contribution in [3.63, 3.8) is 0 Å². The van der Waals surface area contributed by atoms with Crippen molar-refractivity contribution in [2.45, 2.75) is 69.6 Å². The second-order valence-electron chi connectivity index (χ2n) is 6.45. The third kappa shape index (κ3) is 2.73. The Hall–Kier alpha value is -0.120. The predicted octanol–water partition coefficient (Wildman–Crippen LogP) is 1.85. The maximum Gasteiger partial charge on any atom is 0.0695 e. The van der Waals surface area contributed by atoms with Gasteiger partial charge in [-0.3, -0.25) is 9.80 Å². The predicted molar refractivity (Wildman–Crippen MR) is 73.7 cm³/mol. The molecule has 0 aromatic carbocycles. The van der Waals surface area contributed by atoms with Crippen molar-refractivity contribution >= 4 is 0 Å². The minimum atomic E-state index is -0.0566. The number of aliphatic hydroxyl groups excluding tert-OH is 1. The van der Waals surface area contributed by atoms with Crippen molar-refractivity contribution in [2.24, 2.45) is 0 Å². The SMILES string of the molecule is O[C@H]1CCCC[C@@H]1N1CCC(N2CCCCC2)C1. The highest BCUT2D eigenvalue weighted by Gasteiger charge is 2.35. The van der Waals surface area contributed by atoms with Crippen LogP contribution in [0.3, 0.4) is 0 Å². The molecule has 1 unspecified atom stereocenters. The molecule has 104 valence electrons. The topological polar surface area (TPSA) is 26.7 Å². The minimum Gasteiger partial charge on any atom is -0.391 e. The quantitative estimate of drug-likeness (QED) is 0.812. The molecule has 3 atom stereocenters. The van der Waals surface area contributed by atoms with Gasteiger partial charge in [0.2, 0.25) is 0 Å². The van der Waals surface area contributed by atoms with Crippen LogP contribution in [-0.4, -0.2) is 59.3 Å². The highest BCUT2D eigenvalue weighted by Crippen LogP contribution is 2.28. The summed E-state index contributed by atoms with van der Waals surface area (Å²) in [4.78, 5) is 5.29. The summed E-state index contributed by atoms with van der Waals surface area (Å²) in [5.41, 5.74) is 0. The lowest BCUT2D eigenvalue weighted by Crippen LogP contribution is -2.47. The maximum atomic E-state index is 10.2. The highest BCUT2D eigenvalue weighted by atomic mass is 16.3. The Morgan fingerprint density at radius 3 is 2.28 bits per heavy atom. The lowest BCUT2D eigenvalue weighted by atomic mass is 9.91. The Morgan fingerprint density at radius 2 is 1.50 bits per heavy atom. The molecule has 2 saturated heterocycles. The summed E-state index contributed by atoms with van der Waals surface area (Å²) in [6, 6.07) is 1.24. The van der Waals surface area contributed by atoms with E-state index >= 15 is 0 Å². The molecule has 0 aromatic rings. The average molecular weight is 252 g/mol. The van der Waals surface area contributed by atoms with E-state index in [2.05, 4.69) is 9.80 Å². The summed E-state index contributed by atoms with van der Waals surface area (Å²) < 4.78 is 0.